The van der Waals surface area contributed by atoms with Crippen LogP contribution in [0.2, 0.25) is 0 Å². The number of piperidine rings is 1. The van der Waals surface area contributed by atoms with Gasteiger partial charge in [-0.3, -0.25) is 10.1 Å². The van der Waals surface area contributed by atoms with Crippen molar-refractivity contribution in [3.8, 4) is 0 Å². The number of pyridine rings is 1. The molecule has 1 aromatic heterocycles. The summed E-state index contributed by atoms with van der Waals surface area (Å²) in [5.41, 5.74) is 5.98. The monoisotopic (exact) mass is 314 g/mol. The van der Waals surface area contributed by atoms with E-state index >= 15 is 0 Å². The quantitative estimate of drug-likeness (QED) is 0.666. The van der Waals surface area contributed by atoms with Gasteiger partial charge in [-0.15, -0.1) is 0 Å². The van der Waals surface area contributed by atoms with Gasteiger partial charge in [0.25, 0.3) is 0 Å². The molecule has 2 rings (SSSR count). The van der Waals surface area contributed by atoms with Gasteiger partial charge >= 0.3 is 5.69 Å². The molecule has 1 aliphatic heterocycles. The maximum Gasteiger partial charge on any atom is 0.312 e. The van der Waals surface area contributed by atoms with E-state index in [9.17, 15) is 10.1 Å². The molecule has 98 valence electrons. The predicted octanol–water partition coefficient (Wildman–Crippen LogP) is 1.93. The van der Waals surface area contributed by atoms with Gasteiger partial charge in [0.15, 0.2) is 0 Å². The summed E-state index contributed by atoms with van der Waals surface area (Å²) in [4.78, 5) is 16.7. The maximum atomic E-state index is 11.1. The van der Waals surface area contributed by atoms with E-state index < -0.39 is 4.92 Å². The highest BCUT2D eigenvalue weighted by Crippen LogP contribution is 2.31. The Morgan fingerprint density at radius 3 is 2.94 bits per heavy atom. The van der Waals surface area contributed by atoms with E-state index in [0.29, 0.717) is 22.8 Å². The molecule has 0 bridgehead atoms. The number of hydrogen-bond donors (Lipinski definition) is 1. The van der Waals surface area contributed by atoms with Crippen LogP contribution >= 0.6 is 15.9 Å². The summed E-state index contributed by atoms with van der Waals surface area (Å²) in [5, 5.41) is 11.1. The fourth-order valence-corrected chi connectivity index (χ4v) is 2.69. The molecule has 1 aliphatic rings. The van der Waals surface area contributed by atoms with Crippen molar-refractivity contribution in [3.63, 3.8) is 0 Å². The van der Waals surface area contributed by atoms with Crippen molar-refractivity contribution >= 4 is 27.4 Å². The molecule has 0 saturated carbocycles. The second kappa shape index (κ2) is 5.19. The van der Waals surface area contributed by atoms with Crippen LogP contribution in [-0.4, -0.2) is 29.0 Å². The van der Waals surface area contributed by atoms with Gasteiger partial charge in [-0.2, -0.15) is 0 Å². The second-order valence-corrected chi connectivity index (χ2v) is 5.67. The topological polar surface area (TPSA) is 85.3 Å². The van der Waals surface area contributed by atoms with Crippen LogP contribution < -0.4 is 10.6 Å². The average Bonchev–Trinajstić information content (AvgIpc) is 2.27. The molecule has 2 atom stereocenters. The summed E-state index contributed by atoms with van der Waals surface area (Å²) in [6, 6.07) is 1.52. The molecule has 1 fully saturated rings. The first kappa shape index (κ1) is 13.2. The minimum absolute atomic E-state index is 0.0191. The number of nitrogens with zero attached hydrogens (tertiary/aromatic N) is 3. The largest absolute Gasteiger partial charge is 0.349 e. The van der Waals surface area contributed by atoms with E-state index in [1.807, 2.05) is 4.90 Å². The Hall–Kier alpha value is -1.21. The van der Waals surface area contributed by atoms with E-state index in [0.717, 1.165) is 13.0 Å². The minimum atomic E-state index is -0.405. The summed E-state index contributed by atoms with van der Waals surface area (Å²) in [5.74, 6) is 0.823. The average molecular weight is 315 g/mol. The van der Waals surface area contributed by atoms with Gasteiger partial charge in [0, 0.05) is 35.9 Å². The Balaban J connectivity index is 2.35. The van der Waals surface area contributed by atoms with E-state index in [4.69, 9.17) is 5.73 Å². The smallest absolute Gasteiger partial charge is 0.312 e. The highest BCUT2D eigenvalue weighted by atomic mass is 79.9. The number of anilines is 1. The Morgan fingerprint density at radius 2 is 2.33 bits per heavy atom. The van der Waals surface area contributed by atoms with Crippen LogP contribution in [0.25, 0.3) is 0 Å². The normalized spacial score (nSPS) is 24.1. The lowest BCUT2D eigenvalue weighted by Gasteiger charge is -2.35. The van der Waals surface area contributed by atoms with Crippen molar-refractivity contribution in [3.05, 3.63) is 26.9 Å². The zero-order chi connectivity index (χ0) is 13.3. The van der Waals surface area contributed by atoms with Crippen LogP contribution in [0.4, 0.5) is 11.5 Å². The summed E-state index contributed by atoms with van der Waals surface area (Å²) in [6.45, 7) is 3.46. The summed E-state index contributed by atoms with van der Waals surface area (Å²) in [7, 11) is 0. The highest BCUT2D eigenvalue weighted by molar-refractivity contribution is 9.10. The van der Waals surface area contributed by atoms with Gasteiger partial charge < -0.3 is 10.6 Å². The Bertz CT molecular complexity index is 458. The van der Waals surface area contributed by atoms with E-state index in [1.54, 1.807) is 6.20 Å². The lowest BCUT2D eigenvalue weighted by molar-refractivity contribution is -0.384. The van der Waals surface area contributed by atoms with E-state index in [-0.39, 0.29) is 11.7 Å². The molecule has 2 N–H and O–H groups in total. The van der Waals surface area contributed by atoms with Gasteiger partial charge in [0.05, 0.1) is 4.92 Å². The van der Waals surface area contributed by atoms with Gasteiger partial charge in [-0.25, -0.2) is 4.98 Å². The minimum Gasteiger partial charge on any atom is -0.349 e. The molecule has 18 heavy (non-hydrogen) atoms. The third-order valence-electron chi connectivity index (χ3n) is 3.00. The third-order valence-corrected chi connectivity index (χ3v) is 3.44. The van der Waals surface area contributed by atoms with Crippen LogP contribution in [0, 0.1) is 16.0 Å². The van der Waals surface area contributed by atoms with Gasteiger partial charge in [-0.05, 0) is 28.3 Å². The molecule has 1 saturated heterocycles. The van der Waals surface area contributed by atoms with E-state index in [1.165, 1.54) is 6.07 Å². The van der Waals surface area contributed by atoms with Crippen LogP contribution in [0.1, 0.15) is 13.3 Å². The summed E-state index contributed by atoms with van der Waals surface area (Å²) in [6.07, 6.45) is 2.52. The predicted molar refractivity (Wildman–Crippen MR) is 72.6 cm³/mol. The first-order chi connectivity index (χ1) is 8.47. The molecular formula is C11H15BrN4O2. The summed E-state index contributed by atoms with van der Waals surface area (Å²) < 4.78 is 0.604. The van der Waals surface area contributed by atoms with Crippen LogP contribution in [0.5, 0.6) is 0 Å². The van der Waals surface area contributed by atoms with Crippen LogP contribution in [0.3, 0.4) is 0 Å². The molecule has 7 heteroatoms. The third kappa shape index (κ3) is 2.78. The molecule has 1 aromatic rings. The summed E-state index contributed by atoms with van der Waals surface area (Å²) >= 11 is 3.20. The molecule has 6 nitrogen and oxygen atoms in total. The van der Waals surface area contributed by atoms with Crippen LogP contribution in [0.15, 0.2) is 16.7 Å². The zero-order valence-corrected chi connectivity index (χ0v) is 11.6. The van der Waals surface area contributed by atoms with Gasteiger partial charge in [0.1, 0.15) is 0 Å². The fourth-order valence-electron chi connectivity index (χ4n) is 2.37. The number of nitrogens with two attached hydrogens (primary N) is 1. The first-order valence-corrected chi connectivity index (χ1v) is 6.57. The van der Waals surface area contributed by atoms with Crippen molar-refractivity contribution in [1.29, 1.82) is 0 Å². The Kier molecular flexibility index (Phi) is 3.82. The van der Waals surface area contributed by atoms with Crippen molar-refractivity contribution in [2.75, 3.05) is 18.0 Å². The van der Waals surface area contributed by atoms with Crippen molar-refractivity contribution < 1.29 is 4.92 Å². The lowest BCUT2D eigenvalue weighted by Crippen LogP contribution is -2.46. The molecule has 0 aromatic carbocycles. The molecule has 0 spiro atoms. The molecule has 2 heterocycles. The number of hydrogen-bond acceptors (Lipinski definition) is 5. The van der Waals surface area contributed by atoms with Crippen LogP contribution in [-0.2, 0) is 0 Å². The van der Waals surface area contributed by atoms with E-state index in [2.05, 4.69) is 27.8 Å². The zero-order valence-electron chi connectivity index (χ0n) is 10.0. The molecular weight excluding hydrogens is 300 g/mol. The molecule has 0 radical (unpaired) electrons. The number of nitro groups is 1. The number of rotatable bonds is 2. The van der Waals surface area contributed by atoms with Crippen molar-refractivity contribution in [1.82, 2.24) is 4.98 Å². The molecule has 0 aliphatic carbocycles. The Morgan fingerprint density at radius 1 is 1.61 bits per heavy atom. The molecule has 2 unspecified atom stereocenters. The van der Waals surface area contributed by atoms with Gasteiger partial charge in [-0.1, -0.05) is 6.92 Å². The fraction of sp³-hybridized carbons (Fsp3) is 0.545. The number of halogens is 1. The lowest BCUT2D eigenvalue weighted by atomic mass is 9.96. The highest BCUT2D eigenvalue weighted by Gasteiger charge is 2.28. The first-order valence-electron chi connectivity index (χ1n) is 5.78. The maximum absolute atomic E-state index is 11.1. The second-order valence-electron chi connectivity index (χ2n) is 4.76. The number of aromatic nitrogens is 1. The van der Waals surface area contributed by atoms with Gasteiger partial charge in [0.2, 0.25) is 5.82 Å². The Labute approximate surface area is 113 Å². The van der Waals surface area contributed by atoms with Crippen molar-refractivity contribution in [2.45, 2.75) is 19.4 Å². The molecule has 0 amide bonds. The van der Waals surface area contributed by atoms with Crippen molar-refractivity contribution in [2.24, 2.45) is 11.7 Å². The SMILES string of the molecule is CC1CC(N)CN(c2ncc(Br)cc2[N+](=O)[O-])C1. The standard InChI is InChI=1S/C11H15BrN4O2/c1-7-2-9(13)6-15(5-7)11-10(16(17)18)3-8(12)4-14-11/h3-4,7,9H,2,5-6,13H2,1H3.